The molecule has 8 atom stereocenters. The highest BCUT2D eigenvalue weighted by Gasteiger charge is 2.52. The molecule has 1 amide bonds. The predicted molar refractivity (Wildman–Crippen MR) is 81.9 cm³/mol. The van der Waals surface area contributed by atoms with Crippen LogP contribution in [0.25, 0.3) is 0 Å². The number of rotatable bonds is 4. The maximum absolute atomic E-state index is 12.7. The van der Waals surface area contributed by atoms with Crippen molar-refractivity contribution in [2.75, 3.05) is 0 Å². The molecule has 0 aromatic rings. The average molecular weight is 303 g/mol. The molecule has 0 unspecified atom stereocenters. The van der Waals surface area contributed by atoms with Gasteiger partial charge in [0.1, 0.15) is 0 Å². The van der Waals surface area contributed by atoms with Gasteiger partial charge in [-0.15, -0.1) is 0 Å². The number of fused-ring (bicyclic) bond motifs is 4. The van der Waals surface area contributed by atoms with Crippen molar-refractivity contribution in [3.63, 3.8) is 0 Å². The molecular formula is C18H25NO3. The molecule has 0 aromatic carbocycles. The number of allylic oxidation sites excluding steroid dienone is 2. The van der Waals surface area contributed by atoms with Gasteiger partial charge in [-0.05, 0) is 62.2 Å². The molecule has 4 rings (SSSR count). The van der Waals surface area contributed by atoms with Crippen LogP contribution < -0.4 is 5.32 Å². The van der Waals surface area contributed by atoms with Crippen molar-refractivity contribution < 1.29 is 14.7 Å². The van der Waals surface area contributed by atoms with Gasteiger partial charge in [0.25, 0.3) is 0 Å². The van der Waals surface area contributed by atoms with Gasteiger partial charge in [0.05, 0.1) is 11.8 Å². The molecule has 2 N–H and O–H groups in total. The summed E-state index contributed by atoms with van der Waals surface area (Å²) in [6.07, 6.45) is 10.1. The summed E-state index contributed by atoms with van der Waals surface area (Å²) in [6.45, 7) is 2.11. The highest BCUT2D eigenvalue weighted by molar-refractivity contribution is 5.87. The van der Waals surface area contributed by atoms with Crippen molar-refractivity contribution >= 4 is 11.9 Å². The van der Waals surface area contributed by atoms with Crippen molar-refractivity contribution in [1.29, 1.82) is 0 Å². The second kappa shape index (κ2) is 5.10. The Morgan fingerprint density at radius 3 is 2.41 bits per heavy atom. The molecule has 22 heavy (non-hydrogen) atoms. The number of nitrogens with one attached hydrogen (secondary N) is 1. The molecule has 4 nitrogen and oxygen atoms in total. The van der Waals surface area contributed by atoms with E-state index in [0.29, 0.717) is 5.92 Å². The maximum atomic E-state index is 12.7. The van der Waals surface area contributed by atoms with E-state index in [1.54, 1.807) is 0 Å². The number of hydrogen-bond acceptors (Lipinski definition) is 2. The first-order valence-corrected chi connectivity index (χ1v) is 8.76. The molecule has 0 aliphatic heterocycles. The number of carbonyl (C=O) groups is 2. The normalized spacial score (nSPS) is 46.1. The molecule has 0 radical (unpaired) electrons. The van der Waals surface area contributed by atoms with Crippen molar-refractivity contribution in [3.05, 3.63) is 12.2 Å². The first kappa shape index (κ1) is 14.3. The van der Waals surface area contributed by atoms with Crippen LogP contribution in [0.1, 0.15) is 39.0 Å². The van der Waals surface area contributed by atoms with Crippen LogP contribution in [0.15, 0.2) is 12.2 Å². The second-order valence-corrected chi connectivity index (χ2v) is 7.97. The van der Waals surface area contributed by atoms with Crippen LogP contribution in [0.2, 0.25) is 0 Å². The summed E-state index contributed by atoms with van der Waals surface area (Å²) in [4.78, 5) is 24.3. The molecule has 0 saturated heterocycles. The third kappa shape index (κ3) is 2.10. The van der Waals surface area contributed by atoms with Gasteiger partial charge in [0, 0.05) is 6.04 Å². The summed E-state index contributed by atoms with van der Waals surface area (Å²) >= 11 is 0. The standard InChI is InChI=1S/C18H25NO3/c1-9(14-7-10-2-3-11(14)6-10)19-17(20)15-12-4-5-13(8-12)16(15)18(21)22/h4-5,9-16H,2-3,6-8H2,1H3,(H,19,20)(H,21,22)/t9-,10-,11-,12-,13-,14+,15+,16+/m0/s1. The number of carbonyl (C=O) groups excluding carboxylic acids is 1. The molecule has 4 bridgehead atoms. The van der Waals surface area contributed by atoms with Crippen molar-refractivity contribution in [3.8, 4) is 0 Å². The van der Waals surface area contributed by atoms with Crippen molar-refractivity contribution in [2.24, 2.45) is 41.4 Å². The molecule has 3 saturated carbocycles. The Morgan fingerprint density at radius 2 is 1.82 bits per heavy atom. The zero-order valence-electron chi connectivity index (χ0n) is 13.1. The minimum Gasteiger partial charge on any atom is -0.481 e. The SMILES string of the molecule is C[C@H](NC(=O)[C@H]1[C@H](C(=O)O)[C@H]2C=C[C@H]1C2)[C@H]1C[C@H]2CC[C@H]1C2. The van der Waals surface area contributed by atoms with Crippen LogP contribution in [0.3, 0.4) is 0 Å². The number of aliphatic carboxylic acids is 1. The smallest absolute Gasteiger partial charge is 0.307 e. The Balaban J connectivity index is 1.43. The lowest BCUT2D eigenvalue weighted by Crippen LogP contribution is -2.46. The fraction of sp³-hybridized carbons (Fsp3) is 0.778. The fourth-order valence-electron chi connectivity index (χ4n) is 5.85. The molecule has 0 heterocycles. The van der Waals surface area contributed by atoms with E-state index in [1.807, 2.05) is 6.08 Å². The van der Waals surface area contributed by atoms with Gasteiger partial charge in [0.15, 0.2) is 0 Å². The van der Waals surface area contributed by atoms with E-state index in [0.717, 1.165) is 18.3 Å². The molecular weight excluding hydrogens is 278 g/mol. The summed E-state index contributed by atoms with van der Waals surface area (Å²) in [6, 6.07) is 0.181. The molecule has 0 aromatic heterocycles. The van der Waals surface area contributed by atoms with Crippen molar-refractivity contribution in [2.45, 2.75) is 45.1 Å². The van der Waals surface area contributed by atoms with E-state index in [4.69, 9.17) is 0 Å². The Morgan fingerprint density at radius 1 is 1.09 bits per heavy atom. The summed E-state index contributed by atoms with van der Waals surface area (Å²) in [5, 5.41) is 12.7. The lowest BCUT2D eigenvalue weighted by molar-refractivity contribution is -0.148. The number of carboxylic acid groups (broad SMARTS) is 1. The van der Waals surface area contributed by atoms with Gasteiger partial charge in [-0.2, -0.15) is 0 Å². The molecule has 3 fully saturated rings. The maximum Gasteiger partial charge on any atom is 0.307 e. The average Bonchev–Trinajstić information content (AvgIpc) is 3.24. The quantitative estimate of drug-likeness (QED) is 0.784. The lowest BCUT2D eigenvalue weighted by atomic mass is 9.81. The molecule has 4 aliphatic carbocycles. The Labute approximate surface area is 131 Å². The van der Waals surface area contributed by atoms with Crippen LogP contribution in [-0.4, -0.2) is 23.0 Å². The van der Waals surface area contributed by atoms with E-state index >= 15 is 0 Å². The summed E-state index contributed by atoms with van der Waals surface area (Å²) in [7, 11) is 0. The number of hydrogen-bond donors (Lipinski definition) is 2. The van der Waals surface area contributed by atoms with Crippen LogP contribution >= 0.6 is 0 Å². The molecule has 0 spiro atoms. The summed E-state index contributed by atoms with van der Waals surface area (Å²) in [5.74, 6) is 0.677. The van der Waals surface area contributed by atoms with Gasteiger partial charge in [0.2, 0.25) is 5.91 Å². The van der Waals surface area contributed by atoms with Crippen LogP contribution in [0.4, 0.5) is 0 Å². The van der Waals surface area contributed by atoms with Crippen LogP contribution in [0.5, 0.6) is 0 Å². The zero-order chi connectivity index (χ0) is 15.4. The van der Waals surface area contributed by atoms with Gasteiger partial charge >= 0.3 is 5.97 Å². The predicted octanol–water partition coefficient (Wildman–Crippen LogP) is 2.45. The van der Waals surface area contributed by atoms with Gasteiger partial charge in [-0.1, -0.05) is 18.6 Å². The van der Waals surface area contributed by atoms with Gasteiger partial charge in [-0.3, -0.25) is 9.59 Å². The summed E-state index contributed by atoms with van der Waals surface area (Å²) < 4.78 is 0. The first-order valence-electron chi connectivity index (χ1n) is 8.76. The van der Waals surface area contributed by atoms with E-state index in [1.165, 1.54) is 25.7 Å². The Hall–Kier alpha value is -1.32. The Kier molecular flexibility index (Phi) is 3.31. The minimum atomic E-state index is -0.815. The largest absolute Gasteiger partial charge is 0.481 e. The van der Waals surface area contributed by atoms with E-state index in [9.17, 15) is 14.7 Å². The molecule has 120 valence electrons. The number of amides is 1. The third-order valence-electron chi connectivity index (χ3n) is 6.85. The van der Waals surface area contributed by atoms with Gasteiger partial charge < -0.3 is 10.4 Å². The minimum absolute atomic E-state index is 0.0282. The van der Waals surface area contributed by atoms with E-state index in [-0.39, 0.29) is 29.7 Å². The number of carboxylic acids is 1. The van der Waals surface area contributed by atoms with E-state index < -0.39 is 11.9 Å². The summed E-state index contributed by atoms with van der Waals surface area (Å²) in [5.41, 5.74) is 0. The van der Waals surface area contributed by atoms with E-state index in [2.05, 4.69) is 18.3 Å². The Bertz CT molecular complexity index is 528. The third-order valence-corrected chi connectivity index (χ3v) is 6.85. The van der Waals surface area contributed by atoms with Gasteiger partial charge in [-0.25, -0.2) is 0 Å². The highest BCUT2D eigenvalue weighted by Crippen LogP contribution is 2.50. The fourth-order valence-corrected chi connectivity index (χ4v) is 5.85. The lowest BCUT2D eigenvalue weighted by Gasteiger charge is -2.31. The molecule has 4 heteroatoms. The zero-order valence-corrected chi connectivity index (χ0v) is 13.1. The monoisotopic (exact) mass is 303 g/mol. The van der Waals surface area contributed by atoms with Crippen LogP contribution in [0, 0.1) is 41.4 Å². The highest BCUT2D eigenvalue weighted by atomic mass is 16.4. The van der Waals surface area contributed by atoms with Crippen molar-refractivity contribution in [1.82, 2.24) is 5.32 Å². The first-order chi connectivity index (χ1) is 10.5. The molecule has 4 aliphatic rings. The second-order valence-electron chi connectivity index (χ2n) is 7.97. The topological polar surface area (TPSA) is 66.4 Å². The van der Waals surface area contributed by atoms with Crippen LogP contribution in [-0.2, 0) is 9.59 Å².